The smallest absolute Gasteiger partial charge is 0.310 e. The second-order valence-corrected chi connectivity index (χ2v) is 4.52. The minimum Gasteiger partial charge on any atom is -0.434 e. The average Bonchev–Trinajstić information content (AvgIpc) is 2.35. The third-order valence-corrected chi connectivity index (χ3v) is 3.32. The predicted octanol–water partition coefficient (Wildman–Crippen LogP) is -0.242. The van der Waals surface area contributed by atoms with Crippen molar-refractivity contribution in [1.29, 1.82) is 0 Å². The van der Waals surface area contributed by atoms with Crippen LogP contribution >= 0.6 is 0 Å². The maximum Gasteiger partial charge on any atom is 0.310 e. The lowest BCUT2D eigenvalue weighted by Crippen LogP contribution is -2.59. The van der Waals surface area contributed by atoms with Crippen molar-refractivity contribution in [2.45, 2.75) is 31.3 Å². The van der Waals surface area contributed by atoms with Crippen LogP contribution in [0.25, 0.3) is 0 Å². The molecule has 0 aromatic carbocycles. The van der Waals surface area contributed by atoms with E-state index in [1.807, 2.05) is 7.05 Å². The number of halogens is 1. The summed E-state index contributed by atoms with van der Waals surface area (Å²) in [6.45, 7) is -0.762. The quantitative estimate of drug-likeness (QED) is 0.446. The van der Waals surface area contributed by atoms with Crippen molar-refractivity contribution in [1.82, 2.24) is 5.32 Å². The Morgan fingerprint density at radius 2 is 2.05 bits per heavy atom. The Balaban J connectivity index is 2.09. The maximum atomic E-state index is 11.9. The molecule has 0 saturated heterocycles. The molecule has 0 bridgehead atoms. The molecule has 1 fully saturated rings. The highest BCUT2D eigenvalue weighted by molar-refractivity contribution is 5.83. The summed E-state index contributed by atoms with van der Waals surface area (Å²) in [5.41, 5.74) is 5.79. The van der Waals surface area contributed by atoms with Gasteiger partial charge >= 0.3 is 5.97 Å². The number of carbonyl (C=O) groups excluding carboxylic acids is 2. The minimum atomic E-state index is -1.12. The molecule has 3 N–H and O–H groups in total. The molecular formula is C12H21FN2O4. The number of hydrogen-bond donors (Lipinski definition) is 2. The van der Waals surface area contributed by atoms with Gasteiger partial charge < -0.3 is 20.5 Å². The Bertz CT molecular complexity index is 314. The van der Waals surface area contributed by atoms with Crippen LogP contribution in [0.3, 0.4) is 0 Å². The van der Waals surface area contributed by atoms with Crippen molar-refractivity contribution in [2.75, 3.05) is 27.1 Å². The van der Waals surface area contributed by atoms with E-state index in [0.29, 0.717) is 0 Å². The van der Waals surface area contributed by atoms with E-state index in [4.69, 9.17) is 10.5 Å². The fourth-order valence-corrected chi connectivity index (χ4v) is 2.18. The van der Waals surface area contributed by atoms with Crippen LogP contribution in [-0.4, -0.2) is 51.0 Å². The van der Waals surface area contributed by atoms with Crippen LogP contribution < -0.4 is 11.1 Å². The molecular weight excluding hydrogens is 255 g/mol. The third kappa shape index (κ3) is 4.85. The molecule has 0 spiro atoms. The molecule has 1 aliphatic carbocycles. The zero-order valence-electron chi connectivity index (χ0n) is 11.1. The molecule has 7 heteroatoms. The van der Waals surface area contributed by atoms with E-state index in [9.17, 15) is 14.0 Å². The van der Waals surface area contributed by atoms with E-state index < -0.39 is 12.8 Å². The van der Waals surface area contributed by atoms with Crippen LogP contribution in [0.4, 0.5) is 4.39 Å². The van der Waals surface area contributed by atoms with Gasteiger partial charge in [0.1, 0.15) is 5.78 Å². The van der Waals surface area contributed by atoms with Gasteiger partial charge in [0.05, 0.1) is 19.6 Å². The molecule has 0 aromatic rings. The summed E-state index contributed by atoms with van der Waals surface area (Å²) < 4.78 is 20.9. The summed E-state index contributed by atoms with van der Waals surface area (Å²) in [5, 5.41) is 3.06. The van der Waals surface area contributed by atoms with Crippen LogP contribution in [0.5, 0.6) is 0 Å². The number of rotatable bonds is 9. The monoisotopic (exact) mass is 276 g/mol. The number of ether oxygens (including phenoxy) is 2. The fraction of sp³-hybridized carbons (Fsp3) is 0.833. The number of alkyl halides is 1. The maximum absolute atomic E-state index is 11.9. The highest BCUT2D eigenvalue weighted by Crippen LogP contribution is 2.27. The summed E-state index contributed by atoms with van der Waals surface area (Å²) >= 11 is 0. The summed E-state index contributed by atoms with van der Waals surface area (Å²) in [5.74, 6) is -0.723. The van der Waals surface area contributed by atoms with Crippen LogP contribution in [0, 0.1) is 5.92 Å². The minimum absolute atomic E-state index is 0.0137. The number of carbonyl (C=O) groups is 2. The van der Waals surface area contributed by atoms with Crippen molar-refractivity contribution in [3.63, 3.8) is 0 Å². The van der Waals surface area contributed by atoms with Crippen molar-refractivity contribution < 1.29 is 23.5 Å². The summed E-state index contributed by atoms with van der Waals surface area (Å²) in [6, 6.07) is 0.0755. The summed E-state index contributed by atoms with van der Waals surface area (Å²) in [7, 11) is 1.81. The fourth-order valence-electron chi connectivity index (χ4n) is 2.18. The largest absolute Gasteiger partial charge is 0.434 e. The average molecular weight is 276 g/mol. The van der Waals surface area contributed by atoms with Gasteiger partial charge in [-0.25, -0.2) is 4.39 Å². The zero-order chi connectivity index (χ0) is 14.3. The molecule has 0 aliphatic heterocycles. The molecule has 0 radical (unpaired) electrons. The normalized spacial score (nSPS) is 25.7. The SMILES string of the molecule is CNC1CC(N)C1C(=O)CCOCCC(=O)OCF. The highest BCUT2D eigenvalue weighted by atomic mass is 19.1. The Hall–Kier alpha value is -1.05. The molecule has 6 nitrogen and oxygen atoms in total. The second-order valence-electron chi connectivity index (χ2n) is 4.52. The third-order valence-electron chi connectivity index (χ3n) is 3.32. The molecule has 0 amide bonds. The lowest BCUT2D eigenvalue weighted by atomic mass is 9.72. The van der Waals surface area contributed by atoms with E-state index >= 15 is 0 Å². The number of hydrogen-bond acceptors (Lipinski definition) is 6. The summed E-state index contributed by atoms with van der Waals surface area (Å²) in [4.78, 5) is 22.7. The van der Waals surface area contributed by atoms with E-state index in [1.165, 1.54) is 0 Å². The number of Topliss-reactive ketones (excluding diaryl/α,β-unsaturated/α-hetero) is 1. The molecule has 3 atom stereocenters. The van der Waals surface area contributed by atoms with Crippen molar-refractivity contribution in [2.24, 2.45) is 11.7 Å². The Labute approximate surface area is 111 Å². The van der Waals surface area contributed by atoms with Gasteiger partial charge in [0.15, 0.2) is 0 Å². The Kier molecular flexibility index (Phi) is 6.90. The highest BCUT2D eigenvalue weighted by Gasteiger charge is 2.41. The van der Waals surface area contributed by atoms with E-state index in [-0.39, 0.29) is 49.8 Å². The van der Waals surface area contributed by atoms with Crippen LogP contribution in [0.2, 0.25) is 0 Å². The molecule has 19 heavy (non-hydrogen) atoms. The second kappa shape index (κ2) is 8.19. The molecule has 110 valence electrons. The van der Waals surface area contributed by atoms with Gasteiger partial charge in [-0.15, -0.1) is 0 Å². The van der Waals surface area contributed by atoms with Crippen LogP contribution in [-0.2, 0) is 19.1 Å². The van der Waals surface area contributed by atoms with Gasteiger partial charge in [-0.3, -0.25) is 9.59 Å². The van der Waals surface area contributed by atoms with E-state index in [2.05, 4.69) is 10.1 Å². The van der Waals surface area contributed by atoms with Crippen molar-refractivity contribution in [3.05, 3.63) is 0 Å². The Morgan fingerprint density at radius 3 is 2.63 bits per heavy atom. The van der Waals surface area contributed by atoms with Gasteiger partial charge in [-0.1, -0.05) is 0 Å². The van der Waals surface area contributed by atoms with Gasteiger partial charge in [0.25, 0.3) is 0 Å². The summed E-state index contributed by atoms with van der Waals surface area (Å²) in [6.07, 6.45) is 1.07. The van der Waals surface area contributed by atoms with Gasteiger partial charge in [-0.05, 0) is 13.5 Å². The molecule has 1 aliphatic rings. The van der Waals surface area contributed by atoms with Gasteiger partial charge in [0.2, 0.25) is 6.86 Å². The van der Waals surface area contributed by atoms with E-state index in [1.54, 1.807) is 0 Å². The first kappa shape index (κ1) is 16.0. The first-order valence-electron chi connectivity index (χ1n) is 6.35. The van der Waals surface area contributed by atoms with E-state index in [0.717, 1.165) is 6.42 Å². The first-order chi connectivity index (χ1) is 9.10. The number of nitrogens with one attached hydrogen (secondary N) is 1. The first-order valence-corrected chi connectivity index (χ1v) is 6.35. The van der Waals surface area contributed by atoms with Crippen LogP contribution in [0.15, 0.2) is 0 Å². The number of esters is 1. The van der Waals surface area contributed by atoms with Crippen molar-refractivity contribution >= 4 is 11.8 Å². The van der Waals surface area contributed by atoms with Crippen molar-refractivity contribution in [3.8, 4) is 0 Å². The zero-order valence-corrected chi connectivity index (χ0v) is 11.1. The van der Waals surface area contributed by atoms with Crippen LogP contribution in [0.1, 0.15) is 19.3 Å². The lowest BCUT2D eigenvalue weighted by Gasteiger charge is -2.41. The molecule has 0 heterocycles. The lowest BCUT2D eigenvalue weighted by molar-refractivity contribution is -0.148. The predicted molar refractivity (Wildman–Crippen MR) is 66.1 cm³/mol. The molecule has 1 saturated carbocycles. The number of nitrogens with two attached hydrogens (primary N) is 1. The van der Waals surface area contributed by atoms with Gasteiger partial charge in [0, 0.05) is 24.4 Å². The molecule has 1 rings (SSSR count). The molecule has 0 aromatic heterocycles. The molecule has 3 unspecified atom stereocenters. The Morgan fingerprint density at radius 1 is 1.37 bits per heavy atom. The topological polar surface area (TPSA) is 90.6 Å². The van der Waals surface area contributed by atoms with Gasteiger partial charge in [-0.2, -0.15) is 0 Å². The standard InChI is InChI=1S/C12H21FN2O4/c1-15-9-6-8(14)12(9)10(16)2-4-18-5-3-11(17)19-7-13/h8-9,12,15H,2-7,14H2,1H3. The number of ketones is 1.